The molecule has 0 aliphatic carbocycles. The average Bonchev–Trinajstić information content (AvgIpc) is 1.63. The van der Waals surface area contributed by atoms with Gasteiger partial charge in [-0.1, -0.05) is 208 Å². The van der Waals surface area contributed by atoms with Crippen molar-refractivity contribution in [1.82, 2.24) is 41.7 Å². The number of aliphatic carboxylic acids is 1. The van der Waals surface area contributed by atoms with Gasteiger partial charge in [0.1, 0.15) is 86.3 Å². The van der Waals surface area contributed by atoms with E-state index in [1.54, 1.807) is 172 Å². The van der Waals surface area contributed by atoms with Crippen LogP contribution in [0.25, 0.3) is 0 Å². The first-order valence-corrected chi connectivity index (χ1v) is 40.4. The fourth-order valence-electron chi connectivity index (χ4n) is 13.6. The molecule has 29 heteroatoms. The quantitative estimate of drug-likeness (QED) is 0.0165. The van der Waals surface area contributed by atoms with Gasteiger partial charge in [0.25, 0.3) is 0 Å². The van der Waals surface area contributed by atoms with E-state index >= 15 is 19.2 Å². The largest absolute Gasteiger partial charge is 0.489 e. The van der Waals surface area contributed by atoms with E-state index in [1.807, 2.05) is 31.2 Å². The van der Waals surface area contributed by atoms with Crippen LogP contribution in [0.2, 0.25) is 20.1 Å². The van der Waals surface area contributed by atoms with Gasteiger partial charge in [-0.3, -0.25) is 47.9 Å². The standard InChI is InChI=1S/C87H99Cl4N9O16/c1-5-54(4)78(98-84(108)75-30-17-43-99(75)85(109)70(40-42-77(102)116-50-59-23-13-8-14-24-59)94-79(103)68(92)46-55-19-9-6-10-20-55)86(110)100-44-18-29-74(100)83(107)93-69(39-41-76(101)115-49-58-21-11-7-12-22-58)80(104)95-71(47-56-31-35-60(36-32-56)113-51-62-64(88)25-15-26-65(62)89)81(105)96-72(82(106)97-73(87(111)112)45-53(2)3)48-57-33-37-61(38-34-57)114-52-63-66(90)27-16-28-67(63)91/h6-16,19-28,31-38,53-54,68-75,78H,5,17-18,29-30,39-52,92H2,1-4H3,(H,93,107)(H,94,103)(H,95,104)(H,96,105)(H,97,106)(H,98,108)(H,111,112)/t54-,68-,69-,70-,71-,72-,73-,74-,75-,78-/m0/s1. The number of carboxylic acids is 1. The molecule has 0 unspecified atom stereocenters. The highest BCUT2D eigenvalue weighted by Gasteiger charge is 2.44. The van der Waals surface area contributed by atoms with Gasteiger partial charge in [0.15, 0.2) is 0 Å². The van der Waals surface area contributed by atoms with Crippen LogP contribution < -0.4 is 47.1 Å². The summed E-state index contributed by atoms with van der Waals surface area (Å²) in [5, 5.41) is 28.6. The van der Waals surface area contributed by atoms with Crippen LogP contribution >= 0.6 is 46.4 Å². The molecule has 616 valence electrons. The van der Waals surface area contributed by atoms with Crippen molar-refractivity contribution in [2.45, 2.75) is 192 Å². The second-order valence-electron chi connectivity index (χ2n) is 29.4. The maximum atomic E-state index is 15.4. The predicted octanol–water partition coefficient (Wildman–Crippen LogP) is 10.9. The minimum absolute atomic E-state index is 0.00895. The highest BCUT2D eigenvalue weighted by molar-refractivity contribution is 6.36. The normalized spacial score (nSPS) is 15.9. The number of rotatable bonds is 41. The van der Waals surface area contributed by atoms with Gasteiger partial charge in [-0.15, -0.1) is 0 Å². The number of carbonyl (C=O) groups excluding carboxylic acids is 10. The van der Waals surface area contributed by atoms with Crippen LogP contribution in [0.15, 0.2) is 176 Å². The number of hydrogen-bond acceptors (Lipinski definition) is 16. The third-order valence-corrected chi connectivity index (χ3v) is 21.7. The van der Waals surface area contributed by atoms with Crippen molar-refractivity contribution >= 4 is 112 Å². The van der Waals surface area contributed by atoms with E-state index < -0.39 is 138 Å². The topological polar surface area (TPSA) is 350 Å². The number of benzene rings is 7. The molecule has 0 spiro atoms. The number of nitrogens with zero attached hydrogens (tertiary/aromatic N) is 2. The molecular weight excluding hydrogens is 1570 g/mol. The molecule has 2 saturated heterocycles. The summed E-state index contributed by atoms with van der Waals surface area (Å²) in [6, 6.07) is 37.9. The zero-order valence-electron chi connectivity index (χ0n) is 65.1. The lowest BCUT2D eigenvalue weighted by Gasteiger charge is -2.34. The van der Waals surface area contributed by atoms with Gasteiger partial charge in [0.05, 0.1) is 6.04 Å². The Hall–Kier alpha value is -10.6. The molecule has 8 amide bonds. The average molecular weight is 1670 g/mol. The minimum atomic E-state index is -1.63. The minimum Gasteiger partial charge on any atom is -0.489 e. The van der Waals surface area contributed by atoms with E-state index in [0.29, 0.717) is 78.7 Å². The number of nitrogens with two attached hydrogens (primary N) is 1. The Kier molecular flexibility index (Phi) is 34.3. The van der Waals surface area contributed by atoms with E-state index in [1.165, 1.54) is 9.80 Å². The van der Waals surface area contributed by atoms with Gasteiger partial charge in [0.2, 0.25) is 47.3 Å². The molecule has 9 N–H and O–H groups in total. The summed E-state index contributed by atoms with van der Waals surface area (Å²) >= 11 is 25.8. The molecule has 0 radical (unpaired) electrons. The maximum absolute atomic E-state index is 15.4. The van der Waals surface area contributed by atoms with E-state index in [9.17, 15) is 38.7 Å². The Morgan fingerprint density at radius 2 is 0.828 bits per heavy atom. The van der Waals surface area contributed by atoms with Crippen molar-refractivity contribution in [1.29, 1.82) is 0 Å². The number of carbonyl (C=O) groups is 11. The summed E-state index contributed by atoms with van der Waals surface area (Å²) in [6.45, 7) is 7.12. The van der Waals surface area contributed by atoms with Gasteiger partial charge in [-0.2, -0.15) is 0 Å². The summed E-state index contributed by atoms with van der Waals surface area (Å²) in [5.41, 5.74) is 10.6. The lowest BCUT2D eigenvalue weighted by Crippen LogP contribution is -2.61. The molecule has 0 aromatic heterocycles. The molecule has 0 bridgehead atoms. The molecule has 116 heavy (non-hydrogen) atoms. The number of likely N-dealkylation sites (tertiary alicyclic amines) is 2. The van der Waals surface area contributed by atoms with Crippen LogP contribution in [0.5, 0.6) is 11.5 Å². The number of esters is 2. The molecule has 2 heterocycles. The van der Waals surface area contributed by atoms with E-state index in [2.05, 4.69) is 31.9 Å². The maximum Gasteiger partial charge on any atom is 0.326 e. The van der Waals surface area contributed by atoms with Gasteiger partial charge >= 0.3 is 17.9 Å². The van der Waals surface area contributed by atoms with E-state index in [4.69, 9.17) is 71.1 Å². The van der Waals surface area contributed by atoms with Crippen molar-refractivity contribution in [3.63, 3.8) is 0 Å². The summed E-state index contributed by atoms with van der Waals surface area (Å²) in [5.74, 6) is -8.90. The van der Waals surface area contributed by atoms with Crippen molar-refractivity contribution in [3.05, 3.63) is 235 Å². The first-order valence-electron chi connectivity index (χ1n) is 38.9. The molecule has 2 fully saturated rings. The number of nitrogens with one attached hydrogen (secondary N) is 6. The van der Waals surface area contributed by atoms with Crippen molar-refractivity contribution < 1.29 is 76.8 Å². The fraction of sp³-hybridized carbons (Fsp3) is 0.391. The molecule has 10 atom stereocenters. The third-order valence-electron chi connectivity index (χ3n) is 20.3. The smallest absolute Gasteiger partial charge is 0.326 e. The molecular formula is C87H99Cl4N9O16. The molecule has 25 nitrogen and oxygen atoms in total. The number of hydrogen-bond donors (Lipinski definition) is 8. The highest BCUT2D eigenvalue weighted by Crippen LogP contribution is 2.30. The summed E-state index contributed by atoms with van der Waals surface area (Å²) < 4.78 is 23.2. The Morgan fingerprint density at radius 1 is 0.440 bits per heavy atom. The van der Waals surface area contributed by atoms with Crippen LogP contribution in [0.4, 0.5) is 0 Å². The van der Waals surface area contributed by atoms with Crippen LogP contribution in [-0.4, -0.2) is 148 Å². The Balaban J connectivity index is 0.965. The summed E-state index contributed by atoms with van der Waals surface area (Å²) in [6.07, 6.45) is -0.368. The second-order valence-corrected chi connectivity index (χ2v) is 31.0. The van der Waals surface area contributed by atoms with Crippen LogP contribution in [0, 0.1) is 11.8 Å². The first-order chi connectivity index (χ1) is 55.7. The molecule has 0 saturated carbocycles. The van der Waals surface area contributed by atoms with Crippen LogP contribution in [0.3, 0.4) is 0 Å². The van der Waals surface area contributed by atoms with Gasteiger partial charge in [-0.25, -0.2) is 4.79 Å². The van der Waals surface area contributed by atoms with Crippen LogP contribution in [-0.2, 0) is 108 Å². The lowest BCUT2D eigenvalue weighted by atomic mass is 9.96. The van der Waals surface area contributed by atoms with Crippen molar-refractivity contribution in [2.24, 2.45) is 17.6 Å². The number of halogens is 4. The van der Waals surface area contributed by atoms with Gasteiger partial charge in [0, 0.05) is 70.0 Å². The lowest BCUT2D eigenvalue weighted by molar-refractivity contribution is -0.147. The number of ether oxygens (including phenoxy) is 4. The molecule has 2 aliphatic rings. The fourth-order valence-corrected chi connectivity index (χ4v) is 14.6. The van der Waals surface area contributed by atoms with E-state index in [0.717, 1.165) is 11.1 Å². The Bertz CT molecular complexity index is 4470. The first kappa shape index (κ1) is 89.4. The number of carboxylic acid groups (broad SMARTS) is 1. The Labute approximate surface area is 695 Å². The van der Waals surface area contributed by atoms with Gasteiger partial charge < -0.3 is 71.5 Å². The van der Waals surface area contributed by atoms with Gasteiger partial charge in [-0.05, 0) is 140 Å². The molecule has 2 aliphatic heterocycles. The predicted molar refractivity (Wildman–Crippen MR) is 439 cm³/mol. The second kappa shape index (κ2) is 44.5. The SMILES string of the molecule is CC[C@H](C)[C@H](NC(=O)[C@@H]1CCCN1C(=O)[C@H](CCC(=O)OCc1ccccc1)NC(=O)[C@@H](N)Cc1ccccc1)C(=O)N1CCC[C@H]1C(=O)N[C@@H](CCC(=O)OCc1ccccc1)C(=O)N[C@@H](Cc1ccc(OCc2c(Cl)cccc2Cl)cc1)C(=O)N[C@@H](Cc1ccc(OCc2c(Cl)cccc2Cl)cc1)C(=O)N[C@@H](CC(C)C)C(=O)O. The van der Waals surface area contributed by atoms with Crippen molar-refractivity contribution in [3.8, 4) is 11.5 Å². The summed E-state index contributed by atoms with van der Waals surface area (Å²) in [4.78, 5) is 162. The Morgan fingerprint density at radius 3 is 1.26 bits per heavy atom. The zero-order chi connectivity index (χ0) is 83.4. The zero-order valence-corrected chi connectivity index (χ0v) is 68.1. The van der Waals surface area contributed by atoms with E-state index in [-0.39, 0.29) is 96.8 Å². The van der Waals surface area contributed by atoms with Crippen molar-refractivity contribution in [2.75, 3.05) is 13.1 Å². The molecule has 9 rings (SSSR count). The molecule has 7 aromatic carbocycles. The molecule has 7 aromatic rings. The third kappa shape index (κ3) is 26.7. The summed E-state index contributed by atoms with van der Waals surface area (Å²) in [7, 11) is 0. The monoisotopic (exact) mass is 1670 g/mol. The number of amides is 8. The van der Waals surface area contributed by atoms with Crippen LogP contribution in [0.1, 0.15) is 131 Å². The highest BCUT2D eigenvalue weighted by atomic mass is 35.5.